The fourth-order valence-corrected chi connectivity index (χ4v) is 6.02. The molecule has 1 aromatic rings. The molecule has 1 N–H and O–H groups in total. The Hall–Kier alpha value is -1.55. The van der Waals surface area contributed by atoms with E-state index in [0.717, 1.165) is 44.3 Å². The number of esters is 1. The number of carbonyl (C=O) groups is 1. The largest absolute Gasteiger partial charge is 0.497 e. The third-order valence-corrected chi connectivity index (χ3v) is 7.45. The van der Waals surface area contributed by atoms with Gasteiger partial charge < -0.3 is 14.6 Å². The van der Waals surface area contributed by atoms with Crippen molar-refractivity contribution < 1.29 is 19.4 Å². The number of aliphatic hydroxyl groups is 1. The maximum absolute atomic E-state index is 12.0. The van der Waals surface area contributed by atoms with Gasteiger partial charge in [0, 0.05) is 18.1 Å². The molecule has 0 aliphatic heterocycles. The standard InChI is InChI=1S/C22H30O4/c1-4-20(24)26-18-12-14(25-3)11-13-5-6-15-16(21(13)18)9-10-22(2)17(15)7-8-19(22)23/h11-12,15-17,19,23H,4-10H2,1-3H3/t15-,16+,17+,19+,22+/m1/s1. The lowest BCUT2D eigenvalue weighted by Crippen LogP contribution is -2.44. The molecule has 2 fully saturated rings. The first kappa shape index (κ1) is 17.8. The van der Waals surface area contributed by atoms with Gasteiger partial charge >= 0.3 is 5.97 Å². The lowest BCUT2D eigenvalue weighted by atomic mass is 9.55. The third kappa shape index (κ3) is 2.65. The molecule has 0 heterocycles. The van der Waals surface area contributed by atoms with E-state index in [9.17, 15) is 9.90 Å². The number of rotatable bonds is 3. The quantitative estimate of drug-likeness (QED) is 0.649. The molecule has 0 unspecified atom stereocenters. The van der Waals surface area contributed by atoms with E-state index in [1.165, 1.54) is 11.1 Å². The summed E-state index contributed by atoms with van der Waals surface area (Å²) in [5, 5.41) is 10.6. The molecule has 2 saturated carbocycles. The molecule has 0 amide bonds. The Morgan fingerprint density at radius 3 is 2.81 bits per heavy atom. The number of hydrogen-bond donors (Lipinski definition) is 1. The van der Waals surface area contributed by atoms with Crippen LogP contribution in [0.3, 0.4) is 0 Å². The minimum atomic E-state index is -0.195. The van der Waals surface area contributed by atoms with Crippen LogP contribution >= 0.6 is 0 Å². The molecule has 0 radical (unpaired) electrons. The Labute approximate surface area is 155 Å². The first-order valence-electron chi connectivity index (χ1n) is 10.1. The number of aryl methyl sites for hydroxylation is 1. The van der Waals surface area contributed by atoms with Crippen LogP contribution in [0.2, 0.25) is 0 Å². The number of methoxy groups -OCH3 is 1. The van der Waals surface area contributed by atoms with Gasteiger partial charge in [-0.2, -0.15) is 0 Å². The van der Waals surface area contributed by atoms with Crippen molar-refractivity contribution in [2.45, 2.75) is 70.8 Å². The molecular formula is C22H30O4. The molecule has 0 spiro atoms. The highest BCUT2D eigenvalue weighted by molar-refractivity contribution is 5.73. The van der Waals surface area contributed by atoms with Gasteiger partial charge in [-0.15, -0.1) is 0 Å². The molecule has 4 heteroatoms. The normalized spacial score (nSPS) is 35.2. The monoisotopic (exact) mass is 358 g/mol. The molecule has 4 rings (SSSR count). The fraction of sp³-hybridized carbons (Fsp3) is 0.682. The van der Waals surface area contributed by atoms with Crippen LogP contribution in [0.5, 0.6) is 11.5 Å². The molecule has 1 aromatic carbocycles. The Balaban J connectivity index is 1.74. The Morgan fingerprint density at radius 2 is 2.08 bits per heavy atom. The van der Waals surface area contributed by atoms with E-state index in [0.29, 0.717) is 29.9 Å². The van der Waals surface area contributed by atoms with Crippen molar-refractivity contribution in [1.82, 2.24) is 0 Å². The number of benzene rings is 1. The van der Waals surface area contributed by atoms with Crippen molar-refractivity contribution in [1.29, 1.82) is 0 Å². The van der Waals surface area contributed by atoms with Gasteiger partial charge in [-0.1, -0.05) is 13.8 Å². The van der Waals surface area contributed by atoms with Crippen molar-refractivity contribution in [3.8, 4) is 11.5 Å². The molecule has 142 valence electrons. The maximum Gasteiger partial charge on any atom is 0.310 e. The minimum Gasteiger partial charge on any atom is -0.497 e. The molecule has 4 nitrogen and oxygen atoms in total. The summed E-state index contributed by atoms with van der Waals surface area (Å²) in [5.41, 5.74) is 2.56. The number of carbonyl (C=O) groups excluding carboxylic acids is 1. The van der Waals surface area contributed by atoms with E-state index < -0.39 is 0 Å². The molecule has 0 bridgehead atoms. The fourth-order valence-electron chi connectivity index (χ4n) is 6.02. The van der Waals surface area contributed by atoms with Crippen LogP contribution in [0, 0.1) is 17.3 Å². The molecule has 3 aliphatic carbocycles. The summed E-state index contributed by atoms with van der Waals surface area (Å²) >= 11 is 0. The van der Waals surface area contributed by atoms with Crippen LogP contribution in [0.1, 0.15) is 69.4 Å². The summed E-state index contributed by atoms with van der Waals surface area (Å²) in [5.74, 6) is 2.83. The predicted molar refractivity (Wildman–Crippen MR) is 99.5 cm³/mol. The molecule has 26 heavy (non-hydrogen) atoms. The highest BCUT2D eigenvalue weighted by Gasteiger charge is 2.54. The highest BCUT2D eigenvalue weighted by Crippen LogP contribution is 2.62. The van der Waals surface area contributed by atoms with E-state index in [4.69, 9.17) is 9.47 Å². The average Bonchev–Trinajstić information content (AvgIpc) is 2.96. The SMILES string of the molecule is CCC(=O)Oc1cc(OC)cc2c1[C@H]1CC[C@]3(C)[C@@H](O)CC[C@H]3[C@@H]1CC2. The molecular weight excluding hydrogens is 328 g/mol. The lowest BCUT2D eigenvalue weighted by molar-refractivity contribution is -0.134. The van der Waals surface area contributed by atoms with Gasteiger partial charge in [0.25, 0.3) is 0 Å². The minimum absolute atomic E-state index is 0.0609. The number of ether oxygens (including phenoxy) is 2. The highest BCUT2D eigenvalue weighted by atomic mass is 16.5. The first-order chi connectivity index (χ1) is 12.5. The summed E-state index contributed by atoms with van der Waals surface area (Å²) in [4.78, 5) is 12.0. The zero-order chi connectivity index (χ0) is 18.5. The van der Waals surface area contributed by atoms with Gasteiger partial charge in [0.1, 0.15) is 11.5 Å². The summed E-state index contributed by atoms with van der Waals surface area (Å²) in [6, 6.07) is 4.00. The molecule has 3 aliphatic rings. The smallest absolute Gasteiger partial charge is 0.310 e. The van der Waals surface area contributed by atoms with Crippen LogP contribution in [0.15, 0.2) is 12.1 Å². The maximum atomic E-state index is 12.0. The van der Waals surface area contributed by atoms with Crippen LogP contribution < -0.4 is 9.47 Å². The second-order valence-corrected chi connectivity index (χ2v) is 8.58. The Kier molecular flexibility index (Phi) is 4.50. The number of fused-ring (bicyclic) bond motifs is 5. The zero-order valence-electron chi connectivity index (χ0n) is 16.1. The summed E-state index contributed by atoms with van der Waals surface area (Å²) in [6.07, 6.45) is 6.51. The first-order valence-corrected chi connectivity index (χ1v) is 10.1. The van der Waals surface area contributed by atoms with Crippen LogP contribution in [-0.2, 0) is 11.2 Å². The van der Waals surface area contributed by atoms with Gasteiger partial charge in [-0.3, -0.25) is 4.79 Å². The third-order valence-electron chi connectivity index (χ3n) is 7.45. The zero-order valence-corrected chi connectivity index (χ0v) is 16.1. The Bertz CT molecular complexity index is 712. The second-order valence-electron chi connectivity index (χ2n) is 8.58. The molecule has 0 saturated heterocycles. The van der Waals surface area contributed by atoms with Gasteiger partial charge in [-0.05, 0) is 73.3 Å². The summed E-state index contributed by atoms with van der Waals surface area (Å²) in [7, 11) is 1.66. The van der Waals surface area contributed by atoms with Crippen molar-refractivity contribution in [2.24, 2.45) is 17.3 Å². The van der Waals surface area contributed by atoms with Gasteiger partial charge in [0.05, 0.1) is 13.2 Å². The van der Waals surface area contributed by atoms with E-state index >= 15 is 0 Å². The van der Waals surface area contributed by atoms with Gasteiger partial charge in [0.2, 0.25) is 0 Å². The Morgan fingerprint density at radius 1 is 1.27 bits per heavy atom. The second kappa shape index (κ2) is 6.56. The van der Waals surface area contributed by atoms with Crippen LogP contribution in [0.25, 0.3) is 0 Å². The molecule has 0 aromatic heterocycles. The molecule has 5 atom stereocenters. The van der Waals surface area contributed by atoms with E-state index in [1.54, 1.807) is 7.11 Å². The topological polar surface area (TPSA) is 55.8 Å². The van der Waals surface area contributed by atoms with E-state index in [2.05, 4.69) is 13.0 Å². The van der Waals surface area contributed by atoms with Crippen molar-refractivity contribution in [3.63, 3.8) is 0 Å². The van der Waals surface area contributed by atoms with Crippen molar-refractivity contribution >= 4 is 5.97 Å². The van der Waals surface area contributed by atoms with E-state index in [1.807, 2.05) is 13.0 Å². The number of aliphatic hydroxyl groups excluding tert-OH is 1. The van der Waals surface area contributed by atoms with Gasteiger partial charge in [0.15, 0.2) is 0 Å². The van der Waals surface area contributed by atoms with E-state index in [-0.39, 0.29) is 17.5 Å². The van der Waals surface area contributed by atoms with Crippen LogP contribution in [0.4, 0.5) is 0 Å². The summed E-state index contributed by atoms with van der Waals surface area (Å²) in [6.45, 7) is 4.11. The average molecular weight is 358 g/mol. The van der Waals surface area contributed by atoms with Crippen LogP contribution in [-0.4, -0.2) is 24.3 Å². The van der Waals surface area contributed by atoms with Crippen molar-refractivity contribution in [2.75, 3.05) is 7.11 Å². The number of hydrogen-bond acceptors (Lipinski definition) is 4. The lowest BCUT2D eigenvalue weighted by Gasteiger charge is -2.50. The predicted octanol–water partition coefficient (Wildman–Crippen LogP) is 4.23. The van der Waals surface area contributed by atoms with Crippen molar-refractivity contribution in [3.05, 3.63) is 23.3 Å². The van der Waals surface area contributed by atoms with Gasteiger partial charge in [-0.25, -0.2) is 0 Å². The summed E-state index contributed by atoms with van der Waals surface area (Å²) < 4.78 is 11.2.